The number of hydrogen-bond donors (Lipinski definition) is 1. The summed E-state index contributed by atoms with van der Waals surface area (Å²) in [6, 6.07) is 12.8. The van der Waals surface area contributed by atoms with Gasteiger partial charge in [-0.2, -0.15) is 0 Å². The van der Waals surface area contributed by atoms with Gasteiger partial charge in [-0.1, -0.05) is 41.4 Å². The quantitative estimate of drug-likeness (QED) is 0.731. The fourth-order valence-corrected chi connectivity index (χ4v) is 2.43. The molecule has 0 fully saturated rings. The maximum absolute atomic E-state index is 11.9. The molecule has 0 aliphatic heterocycles. The van der Waals surface area contributed by atoms with Crippen molar-refractivity contribution in [1.82, 2.24) is 0 Å². The van der Waals surface area contributed by atoms with E-state index < -0.39 is 0 Å². The lowest BCUT2D eigenvalue weighted by Crippen LogP contribution is -2.15. The smallest absolute Gasteiger partial charge is 0.228 e. The first kappa shape index (κ1) is 14.6. The normalized spacial score (nSPS) is 10.3. The predicted molar refractivity (Wildman–Crippen MR) is 88.0 cm³/mol. The van der Waals surface area contributed by atoms with Gasteiger partial charge in [-0.25, -0.2) is 0 Å². The Hall–Kier alpha value is -0.780. The zero-order valence-corrected chi connectivity index (χ0v) is 13.5. The van der Waals surface area contributed by atoms with Gasteiger partial charge in [0.2, 0.25) is 5.91 Å². The van der Waals surface area contributed by atoms with Crippen LogP contribution in [-0.4, -0.2) is 5.91 Å². The number of benzene rings is 2. The van der Waals surface area contributed by atoms with Crippen molar-refractivity contribution in [3.05, 3.63) is 61.6 Å². The molecule has 0 aliphatic rings. The average Bonchev–Trinajstić information content (AvgIpc) is 2.37. The molecule has 2 rings (SSSR count). The number of rotatable bonds is 3. The van der Waals surface area contributed by atoms with E-state index in [1.54, 1.807) is 18.2 Å². The van der Waals surface area contributed by atoms with Crippen molar-refractivity contribution in [1.29, 1.82) is 0 Å². The van der Waals surface area contributed by atoms with Gasteiger partial charge in [-0.3, -0.25) is 4.79 Å². The monoisotopic (exact) mass is 405 g/mol. The second kappa shape index (κ2) is 6.59. The van der Waals surface area contributed by atoms with Gasteiger partial charge in [0.1, 0.15) is 0 Å². The Morgan fingerprint density at radius 1 is 1.11 bits per heavy atom. The summed E-state index contributed by atoms with van der Waals surface area (Å²) in [5.41, 5.74) is 1.64. The first-order valence-corrected chi connectivity index (χ1v) is 7.38. The summed E-state index contributed by atoms with van der Waals surface area (Å²) in [4.78, 5) is 11.9. The first-order valence-electron chi connectivity index (χ1n) is 5.54. The van der Waals surface area contributed by atoms with Gasteiger partial charge in [-0.15, -0.1) is 0 Å². The molecule has 0 saturated heterocycles. The number of halogens is 3. The zero-order valence-electron chi connectivity index (χ0n) is 9.79. The summed E-state index contributed by atoms with van der Waals surface area (Å²) in [7, 11) is 0. The summed E-state index contributed by atoms with van der Waals surface area (Å²) in [6.45, 7) is 0. The highest BCUT2D eigenvalue weighted by Crippen LogP contribution is 2.23. The van der Waals surface area contributed by atoms with E-state index in [2.05, 4.69) is 27.9 Å². The van der Waals surface area contributed by atoms with E-state index >= 15 is 0 Å². The van der Waals surface area contributed by atoms with Crippen LogP contribution >= 0.6 is 45.8 Å². The van der Waals surface area contributed by atoms with Gasteiger partial charge >= 0.3 is 0 Å². The molecule has 0 saturated carbocycles. The van der Waals surface area contributed by atoms with Crippen molar-refractivity contribution in [3.8, 4) is 0 Å². The molecule has 2 aromatic carbocycles. The molecule has 5 heteroatoms. The molecule has 0 aromatic heterocycles. The number of hydrogen-bond acceptors (Lipinski definition) is 1. The van der Waals surface area contributed by atoms with Crippen molar-refractivity contribution < 1.29 is 4.79 Å². The maximum atomic E-state index is 11.9. The van der Waals surface area contributed by atoms with E-state index in [1.165, 1.54) is 0 Å². The third-order valence-corrected chi connectivity index (χ3v) is 4.18. The molecular weight excluding hydrogens is 396 g/mol. The van der Waals surface area contributed by atoms with Crippen molar-refractivity contribution in [3.63, 3.8) is 0 Å². The molecule has 1 N–H and O–H groups in total. The lowest BCUT2D eigenvalue weighted by Gasteiger charge is -2.07. The molecule has 0 bridgehead atoms. The minimum atomic E-state index is -0.0810. The van der Waals surface area contributed by atoms with Crippen LogP contribution in [0.4, 0.5) is 5.69 Å². The van der Waals surface area contributed by atoms with Crippen LogP contribution in [0.3, 0.4) is 0 Å². The summed E-state index contributed by atoms with van der Waals surface area (Å²) >= 11 is 13.9. The van der Waals surface area contributed by atoms with Crippen LogP contribution < -0.4 is 5.32 Å². The summed E-state index contributed by atoms with van der Waals surface area (Å²) in [5, 5.41) is 3.82. The number of para-hydroxylation sites is 1. The molecule has 0 spiro atoms. The third kappa shape index (κ3) is 4.09. The Labute approximate surface area is 135 Å². The minimum absolute atomic E-state index is 0.0810. The molecule has 0 atom stereocenters. The molecule has 0 radical (unpaired) electrons. The topological polar surface area (TPSA) is 29.1 Å². The fraction of sp³-hybridized carbons (Fsp3) is 0.0714. The van der Waals surface area contributed by atoms with Crippen LogP contribution in [0.2, 0.25) is 10.0 Å². The molecule has 2 aromatic rings. The molecule has 0 unspecified atom stereocenters. The van der Waals surface area contributed by atoms with E-state index in [0.717, 1.165) is 14.8 Å². The highest BCUT2D eigenvalue weighted by molar-refractivity contribution is 14.1. The fourth-order valence-electron chi connectivity index (χ4n) is 1.59. The second-order valence-electron chi connectivity index (χ2n) is 3.95. The van der Waals surface area contributed by atoms with Gasteiger partial charge in [0.05, 0.1) is 22.2 Å². The second-order valence-corrected chi connectivity index (χ2v) is 5.93. The number of carbonyl (C=O) groups excluding carboxylic acids is 1. The Kier molecular flexibility index (Phi) is 5.07. The summed E-state index contributed by atoms with van der Waals surface area (Å²) < 4.78 is 1.00. The molecule has 98 valence electrons. The van der Waals surface area contributed by atoms with Crippen molar-refractivity contribution in [2.24, 2.45) is 0 Å². The van der Waals surface area contributed by atoms with Crippen molar-refractivity contribution in [2.75, 3.05) is 5.32 Å². The number of nitrogens with one attached hydrogen (secondary N) is 1. The average molecular weight is 406 g/mol. The van der Waals surface area contributed by atoms with E-state index in [9.17, 15) is 4.79 Å². The van der Waals surface area contributed by atoms with Gasteiger partial charge in [-0.05, 0) is 52.4 Å². The van der Waals surface area contributed by atoms with Crippen LogP contribution in [-0.2, 0) is 11.2 Å². The van der Waals surface area contributed by atoms with Crippen LogP contribution in [0.15, 0.2) is 42.5 Å². The van der Waals surface area contributed by atoms with Gasteiger partial charge in [0.25, 0.3) is 0 Å². The van der Waals surface area contributed by atoms with Gasteiger partial charge < -0.3 is 5.32 Å². The minimum Gasteiger partial charge on any atom is -0.325 e. The largest absolute Gasteiger partial charge is 0.325 e. The highest BCUT2D eigenvalue weighted by atomic mass is 127. The Morgan fingerprint density at radius 2 is 1.84 bits per heavy atom. The SMILES string of the molecule is O=C(Cc1ccc(Cl)c(Cl)c1)Nc1ccccc1I. The standard InChI is InChI=1S/C14H10Cl2INO/c15-10-6-5-9(7-11(10)16)8-14(19)18-13-4-2-1-3-12(13)17/h1-7H,8H2,(H,18,19). The molecular formula is C14H10Cl2INO. The number of anilines is 1. The Morgan fingerprint density at radius 3 is 2.53 bits per heavy atom. The van der Waals surface area contributed by atoms with Crippen LogP contribution in [0.25, 0.3) is 0 Å². The zero-order chi connectivity index (χ0) is 13.8. The number of amides is 1. The first-order chi connectivity index (χ1) is 9.06. The lowest BCUT2D eigenvalue weighted by atomic mass is 10.1. The predicted octanol–water partition coefficient (Wildman–Crippen LogP) is 4.78. The van der Waals surface area contributed by atoms with Crippen molar-refractivity contribution in [2.45, 2.75) is 6.42 Å². The third-order valence-electron chi connectivity index (χ3n) is 2.50. The molecule has 2 nitrogen and oxygen atoms in total. The van der Waals surface area contributed by atoms with Gasteiger partial charge in [0.15, 0.2) is 0 Å². The van der Waals surface area contributed by atoms with Crippen LogP contribution in [0.1, 0.15) is 5.56 Å². The Bertz CT molecular complexity index is 616. The lowest BCUT2D eigenvalue weighted by molar-refractivity contribution is -0.115. The van der Waals surface area contributed by atoms with E-state index in [4.69, 9.17) is 23.2 Å². The molecule has 1 amide bonds. The summed E-state index contributed by atoms with van der Waals surface area (Å²) in [6.07, 6.45) is 0.266. The van der Waals surface area contributed by atoms with E-state index in [0.29, 0.717) is 10.0 Å². The Balaban J connectivity index is 2.05. The summed E-state index contributed by atoms with van der Waals surface area (Å²) in [5.74, 6) is -0.0810. The molecule has 0 heterocycles. The van der Waals surface area contributed by atoms with Gasteiger partial charge in [0, 0.05) is 3.57 Å². The van der Waals surface area contributed by atoms with Crippen molar-refractivity contribution >= 4 is 57.4 Å². The molecule has 19 heavy (non-hydrogen) atoms. The van der Waals surface area contributed by atoms with E-state index in [-0.39, 0.29) is 12.3 Å². The van der Waals surface area contributed by atoms with Crippen LogP contribution in [0.5, 0.6) is 0 Å². The van der Waals surface area contributed by atoms with Crippen LogP contribution in [0, 0.1) is 3.57 Å². The maximum Gasteiger partial charge on any atom is 0.228 e. The highest BCUT2D eigenvalue weighted by Gasteiger charge is 2.07. The number of carbonyl (C=O) groups is 1. The molecule has 0 aliphatic carbocycles. The van der Waals surface area contributed by atoms with E-state index in [1.807, 2.05) is 24.3 Å².